The van der Waals surface area contributed by atoms with E-state index in [9.17, 15) is 4.79 Å². The van der Waals surface area contributed by atoms with E-state index < -0.39 is 0 Å². The van der Waals surface area contributed by atoms with Gasteiger partial charge in [0.1, 0.15) is 11.5 Å². The molecule has 7 heteroatoms. The number of ether oxygens (including phenoxy) is 2. The molecule has 1 aliphatic heterocycles. The lowest BCUT2D eigenvalue weighted by Gasteiger charge is -2.27. The lowest BCUT2D eigenvalue weighted by atomic mass is 9.98. The van der Waals surface area contributed by atoms with Crippen LogP contribution in [0.15, 0.2) is 54.7 Å². The minimum atomic E-state index is -0.219. The second-order valence-electron chi connectivity index (χ2n) is 6.96. The number of amides is 2. The van der Waals surface area contributed by atoms with E-state index >= 15 is 0 Å². The van der Waals surface area contributed by atoms with Crippen LogP contribution in [-0.4, -0.2) is 29.5 Å². The molecule has 0 saturated carbocycles. The number of rotatable bonds is 5. The van der Waals surface area contributed by atoms with Gasteiger partial charge in [-0.1, -0.05) is 18.2 Å². The zero-order chi connectivity index (χ0) is 20.2. The van der Waals surface area contributed by atoms with Crippen LogP contribution in [0.3, 0.4) is 0 Å². The van der Waals surface area contributed by atoms with Gasteiger partial charge in [-0.05, 0) is 42.8 Å². The summed E-state index contributed by atoms with van der Waals surface area (Å²) in [6, 6.07) is 15.2. The second kappa shape index (κ2) is 8.26. The zero-order valence-electron chi connectivity index (χ0n) is 16.5. The van der Waals surface area contributed by atoms with Gasteiger partial charge in [0.2, 0.25) is 0 Å². The highest BCUT2D eigenvalue weighted by Crippen LogP contribution is 2.34. The van der Waals surface area contributed by atoms with E-state index in [0.29, 0.717) is 13.2 Å². The summed E-state index contributed by atoms with van der Waals surface area (Å²) in [7, 11) is 1.64. The van der Waals surface area contributed by atoms with Crippen LogP contribution in [0.25, 0.3) is 5.69 Å². The Kier molecular flexibility index (Phi) is 5.37. The molecule has 2 heterocycles. The summed E-state index contributed by atoms with van der Waals surface area (Å²) in [6.07, 6.45) is 2.62. The number of benzene rings is 2. The lowest BCUT2D eigenvalue weighted by Crippen LogP contribution is -2.39. The second-order valence-corrected chi connectivity index (χ2v) is 6.96. The number of nitrogens with one attached hydrogen (secondary N) is 2. The minimum Gasteiger partial charge on any atom is -0.497 e. The molecule has 0 spiro atoms. The summed E-state index contributed by atoms with van der Waals surface area (Å²) in [5.74, 6) is 1.67. The Morgan fingerprint density at radius 3 is 2.86 bits per heavy atom. The van der Waals surface area contributed by atoms with Gasteiger partial charge in [0.15, 0.2) is 0 Å². The van der Waals surface area contributed by atoms with Crippen molar-refractivity contribution in [2.45, 2.75) is 25.9 Å². The maximum absolute atomic E-state index is 12.4. The molecule has 2 aromatic carbocycles. The highest BCUT2D eigenvalue weighted by Gasteiger charge is 2.24. The summed E-state index contributed by atoms with van der Waals surface area (Å²) < 4.78 is 12.7. The number of carbonyl (C=O) groups excluding carboxylic acids is 1. The van der Waals surface area contributed by atoms with Crippen LogP contribution < -0.4 is 20.1 Å². The molecule has 7 nitrogen and oxygen atoms in total. The standard InChI is InChI=1S/C22H24N4O3/c1-15-4-3-5-19-20(11-13-29-21(15)19)24-22(27)23-14-16-10-12-26(25-16)17-6-8-18(28-2)9-7-17/h3-10,12,20H,11,13-14H2,1-2H3,(H2,23,24,27)/t20-/m0/s1. The van der Waals surface area contributed by atoms with Gasteiger partial charge < -0.3 is 20.1 Å². The molecule has 1 atom stereocenters. The summed E-state index contributed by atoms with van der Waals surface area (Å²) >= 11 is 0. The molecule has 0 saturated heterocycles. The SMILES string of the molecule is COc1ccc(-n2ccc(CNC(=O)N[C@H]3CCOc4c(C)cccc43)n2)cc1. The number of fused-ring (bicyclic) bond motifs is 1. The predicted octanol–water partition coefficient (Wildman–Crippen LogP) is 3.51. The Morgan fingerprint density at radius 1 is 1.24 bits per heavy atom. The van der Waals surface area contributed by atoms with Gasteiger partial charge in [-0.2, -0.15) is 5.10 Å². The Labute approximate surface area is 169 Å². The van der Waals surface area contributed by atoms with Crippen molar-refractivity contribution in [2.75, 3.05) is 13.7 Å². The number of aryl methyl sites for hydroxylation is 1. The van der Waals surface area contributed by atoms with Crippen LogP contribution >= 0.6 is 0 Å². The number of hydrogen-bond acceptors (Lipinski definition) is 4. The Bertz CT molecular complexity index is 998. The van der Waals surface area contributed by atoms with Crippen molar-refractivity contribution < 1.29 is 14.3 Å². The summed E-state index contributed by atoms with van der Waals surface area (Å²) in [4.78, 5) is 12.4. The van der Waals surface area contributed by atoms with Crippen LogP contribution in [0.1, 0.15) is 29.3 Å². The number of urea groups is 1. The van der Waals surface area contributed by atoms with Gasteiger partial charge in [-0.15, -0.1) is 0 Å². The third-order valence-electron chi connectivity index (χ3n) is 4.99. The fraction of sp³-hybridized carbons (Fsp3) is 0.273. The smallest absolute Gasteiger partial charge is 0.315 e. The number of hydrogen-bond donors (Lipinski definition) is 2. The molecule has 29 heavy (non-hydrogen) atoms. The summed E-state index contributed by atoms with van der Waals surface area (Å²) in [6.45, 7) is 2.95. The largest absolute Gasteiger partial charge is 0.497 e. The molecule has 3 aromatic rings. The lowest BCUT2D eigenvalue weighted by molar-refractivity contribution is 0.222. The molecule has 0 fully saturated rings. The van der Waals surface area contributed by atoms with Gasteiger partial charge in [0.05, 0.1) is 37.7 Å². The van der Waals surface area contributed by atoms with Crippen molar-refractivity contribution in [3.63, 3.8) is 0 Å². The fourth-order valence-electron chi connectivity index (χ4n) is 3.45. The van der Waals surface area contributed by atoms with Gasteiger partial charge in [-0.3, -0.25) is 0 Å². The maximum Gasteiger partial charge on any atom is 0.315 e. The van der Waals surface area contributed by atoms with E-state index in [-0.39, 0.29) is 12.1 Å². The van der Waals surface area contributed by atoms with Crippen molar-refractivity contribution >= 4 is 6.03 Å². The van der Waals surface area contributed by atoms with Crippen molar-refractivity contribution in [1.82, 2.24) is 20.4 Å². The van der Waals surface area contributed by atoms with E-state index in [1.54, 1.807) is 11.8 Å². The monoisotopic (exact) mass is 392 g/mol. The molecule has 2 amide bonds. The highest BCUT2D eigenvalue weighted by molar-refractivity contribution is 5.74. The average molecular weight is 392 g/mol. The molecule has 0 radical (unpaired) electrons. The Hall–Kier alpha value is -3.48. The van der Waals surface area contributed by atoms with Gasteiger partial charge in [-0.25, -0.2) is 9.48 Å². The number of carbonyl (C=O) groups is 1. The third kappa shape index (κ3) is 4.18. The van der Waals surface area contributed by atoms with Gasteiger partial charge >= 0.3 is 6.03 Å². The number of methoxy groups -OCH3 is 1. The van der Waals surface area contributed by atoms with Gasteiger partial charge in [0.25, 0.3) is 0 Å². The molecular formula is C22H24N4O3. The van der Waals surface area contributed by atoms with Crippen LogP contribution in [0.2, 0.25) is 0 Å². The van der Waals surface area contributed by atoms with E-state index in [1.807, 2.05) is 61.7 Å². The van der Waals surface area contributed by atoms with E-state index in [2.05, 4.69) is 15.7 Å². The highest BCUT2D eigenvalue weighted by atomic mass is 16.5. The van der Waals surface area contributed by atoms with Crippen molar-refractivity contribution in [3.05, 3.63) is 71.5 Å². The molecule has 0 unspecified atom stereocenters. The molecular weight excluding hydrogens is 368 g/mol. The van der Waals surface area contributed by atoms with E-state index in [4.69, 9.17) is 9.47 Å². The Balaban J connectivity index is 1.35. The molecule has 0 aliphatic carbocycles. The van der Waals surface area contributed by atoms with Crippen LogP contribution in [0.5, 0.6) is 11.5 Å². The van der Waals surface area contributed by atoms with E-state index in [0.717, 1.165) is 40.4 Å². The van der Waals surface area contributed by atoms with Crippen LogP contribution in [-0.2, 0) is 6.54 Å². The van der Waals surface area contributed by atoms with Crippen molar-refractivity contribution in [3.8, 4) is 17.2 Å². The predicted molar refractivity (Wildman–Crippen MR) is 110 cm³/mol. The minimum absolute atomic E-state index is 0.0597. The van der Waals surface area contributed by atoms with Crippen LogP contribution in [0, 0.1) is 6.92 Å². The quantitative estimate of drug-likeness (QED) is 0.697. The molecule has 150 valence electrons. The average Bonchev–Trinajstić information content (AvgIpc) is 3.22. The molecule has 1 aromatic heterocycles. The molecule has 4 rings (SSSR count). The van der Waals surface area contributed by atoms with E-state index in [1.165, 1.54) is 0 Å². The van der Waals surface area contributed by atoms with Crippen molar-refractivity contribution in [1.29, 1.82) is 0 Å². The molecule has 1 aliphatic rings. The first-order chi connectivity index (χ1) is 14.1. The van der Waals surface area contributed by atoms with Crippen LogP contribution in [0.4, 0.5) is 4.79 Å². The van der Waals surface area contributed by atoms with Gasteiger partial charge in [0, 0.05) is 18.2 Å². The topological polar surface area (TPSA) is 77.4 Å². The number of para-hydroxylation sites is 1. The maximum atomic E-state index is 12.4. The Morgan fingerprint density at radius 2 is 2.07 bits per heavy atom. The first-order valence-corrected chi connectivity index (χ1v) is 9.59. The fourth-order valence-corrected chi connectivity index (χ4v) is 3.45. The normalized spacial score (nSPS) is 15.2. The van der Waals surface area contributed by atoms with Crippen molar-refractivity contribution in [2.24, 2.45) is 0 Å². The number of aromatic nitrogens is 2. The first kappa shape index (κ1) is 18.9. The zero-order valence-corrected chi connectivity index (χ0v) is 16.5. The summed E-state index contributed by atoms with van der Waals surface area (Å²) in [5.41, 5.74) is 3.81. The molecule has 2 N–H and O–H groups in total. The number of nitrogens with zero attached hydrogens (tertiary/aromatic N) is 2. The third-order valence-corrected chi connectivity index (χ3v) is 4.99. The summed E-state index contributed by atoms with van der Waals surface area (Å²) in [5, 5.41) is 10.4. The molecule has 0 bridgehead atoms. The first-order valence-electron chi connectivity index (χ1n) is 9.59.